The highest BCUT2D eigenvalue weighted by molar-refractivity contribution is 4.76. The maximum atomic E-state index is 5.73. The van der Waals surface area contributed by atoms with Gasteiger partial charge in [-0.05, 0) is 20.9 Å². The Morgan fingerprint density at radius 1 is 1.55 bits per heavy atom. The van der Waals surface area contributed by atoms with E-state index in [4.69, 9.17) is 9.47 Å². The van der Waals surface area contributed by atoms with Crippen LogP contribution in [0.4, 0.5) is 0 Å². The van der Waals surface area contributed by atoms with Gasteiger partial charge in [0.25, 0.3) is 0 Å². The van der Waals surface area contributed by atoms with Crippen LogP contribution in [0.1, 0.15) is 13.8 Å². The van der Waals surface area contributed by atoms with Crippen LogP contribution in [-0.2, 0) is 9.47 Å². The molecule has 1 heterocycles. The largest absolute Gasteiger partial charge is 0.376 e. The van der Waals surface area contributed by atoms with Gasteiger partial charge in [0.05, 0.1) is 18.8 Å². The topological polar surface area (TPSA) is 30.5 Å². The van der Waals surface area contributed by atoms with Gasteiger partial charge in [-0.25, -0.2) is 0 Å². The fourth-order valence-electron chi connectivity index (χ4n) is 1.20. The Labute approximate surface area is 68.1 Å². The Morgan fingerprint density at radius 3 is 2.55 bits per heavy atom. The van der Waals surface area contributed by atoms with Crippen LogP contribution in [0, 0.1) is 0 Å². The van der Waals surface area contributed by atoms with Gasteiger partial charge in [0, 0.05) is 6.54 Å². The molecule has 1 fully saturated rings. The van der Waals surface area contributed by atoms with Gasteiger partial charge < -0.3 is 14.8 Å². The molecule has 0 spiro atoms. The molecule has 0 amide bonds. The summed E-state index contributed by atoms with van der Waals surface area (Å²) in [5.41, 5.74) is -0.0663. The number of rotatable bonds is 4. The molecule has 0 aliphatic carbocycles. The SMILES string of the molecule is CNCC(C)(C)OC1COC1. The summed E-state index contributed by atoms with van der Waals surface area (Å²) in [5.74, 6) is 0. The molecular formula is C8H17NO2. The lowest BCUT2D eigenvalue weighted by Crippen LogP contribution is -2.46. The summed E-state index contributed by atoms with van der Waals surface area (Å²) in [6, 6.07) is 0. The number of hydrogen-bond acceptors (Lipinski definition) is 3. The van der Waals surface area contributed by atoms with E-state index in [9.17, 15) is 0 Å². The molecule has 0 bridgehead atoms. The highest BCUT2D eigenvalue weighted by Crippen LogP contribution is 2.15. The Balaban J connectivity index is 2.20. The van der Waals surface area contributed by atoms with Crippen LogP contribution in [0.2, 0.25) is 0 Å². The first kappa shape index (κ1) is 8.97. The van der Waals surface area contributed by atoms with Crippen LogP contribution in [0.5, 0.6) is 0 Å². The maximum Gasteiger partial charge on any atom is 0.105 e. The average molecular weight is 159 g/mol. The molecule has 1 rings (SSSR count). The van der Waals surface area contributed by atoms with Crippen LogP contribution in [0.15, 0.2) is 0 Å². The molecule has 66 valence electrons. The van der Waals surface area contributed by atoms with E-state index < -0.39 is 0 Å². The van der Waals surface area contributed by atoms with Crippen molar-refractivity contribution in [2.45, 2.75) is 25.6 Å². The van der Waals surface area contributed by atoms with E-state index in [1.54, 1.807) is 0 Å². The van der Waals surface area contributed by atoms with Crippen molar-refractivity contribution in [2.75, 3.05) is 26.8 Å². The highest BCUT2D eigenvalue weighted by Gasteiger charge is 2.27. The Hall–Kier alpha value is -0.120. The van der Waals surface area contributed by atoms with Crippen LogP contribution < -0.4 is 5.32 Å². The third kappa shape index (κ3) is 2.77. The number of nitrogens with one attached hydrogen (secondary N) is 1. The number of hydrogen-bond donors (Lipinski definition) is 1. The summed E-state index contributed by atoms with van der Waals surface area (Å²) in [4.78, 5) is 0. The second-order valence-corrected chi connectivity index (χ2v) is 3.57. The van der Waals surface area contributed by atoms with Gasteiger partial charge >= 0.3 is 0 Å². The van der Waals surface area contributed by atoms with Gasteiger partial charge in [-0.1, -0.05) is 0 Å². The van der Waals surface area contributed by atoms with Crippen LogP contribution in [0.25, 0.3) is 0 Å². The lowest BCUT2D eigenvalue weighted by molar-refractivity contribution is -0.180. The van der Waals surface area contributed by atoms with Crippen molar-refractivity contribution in [1.29, 1.82) is 0 Å². The molecule has 1 saturated heterocycles. The second-order valence-electron chi connectivity index (χ2n) is 3.57. The smallest absolute Gasteiger partial charge is 0.105 e. The third-order valence-electron chi connectivity index (χ3n) is 1.70. The first-order valence-electron chi connectivity index (χ1n) is 4.04. The molecule has 1 N–H and O–H groups in total. The molecule has 3 nitrogen and oxygen atoms in total. The fourth-order valence-corrected chi connectivity index (χ4v) is 1.20. The first-order valence-corrected chi connectivity index (χ1v) is 4.04. The minimum atomic E-state index is -0.0663. The van der Waals surface area contributed by atoms with Crippen molar-refractivity contribution in [3.63, 3.8) is 0 Å². The predicted octanol–water partition coefficient (Wildman–Crippen LogP) is 0.400. The van der Waals surface area contributed by atoms with E-state index in [-0.39, 0.29) is 5.60 Å². The average Bonchev–Trinajstić information content (AvgIpc) is 1.79. The van der Waals surface area contributed by atoms with E-state index in [0.717, 1.165) is 19.8 Å². The van der Waals surface area contributed by atoms with E-state index in [2.05, 4.69) is 19.2 Å². The fraction of sp³-hybridized carbons (Fsp3) is 1.00. The van der Waals surface area contributed by atoms with E-state index in [1.807, 2.05) is 7.05 Å². The summed E-state index contributed by atoms with van der Waals surface area (Å²) in [6.07, 6.45) is 0.318. The van der Waals surface area contributed by atoms with Gasteiger partial charge in [0.15, 0.2) is 0 Å². The van der Waals surface area contributed by atoms with Crippen LogP contribution in [-0.4, -0.2) is 38.5 Å². The monoisotopic (exact) mass is 159 g/mol. The van der Waals surface area contributed by atoms with Crippen molar-refractivity contribution in [2.24, 2.45) is 0 Å². The zero-order valence-corrected chi connectivity index (χ0v) is 7.52. The summed E-state index contributed by atoms with van der Waals surface area (Å²) < 4.78 is 10.7. The van der Waals surface area contributed by atoms with Gasteiger partial charge in [-0.15, -0.1) is 0 Å². The van der Waals surface area contributed by atoms with Crippen LogP contribution in [0.3, 0.4) is 0 Å². The van der Waals surface area contributed by atoms with Crippen molar-refractivity contribution in [3.05, 3.63) is 0 Å². The van der Waals surface area contributed by atoms with Crippen molar-refractivity contribution in [3.8, 4) is 0 Å². The molecule has 11 heavy (non-hydrogen) atoms. The second kappa shape index (κ2) is 3.52. The van der Waals surface area contributed by atoms with Crippen LogP contribution >= 0.6 is 0 Å². The van der Waals surface area contributed by atoms with Crippen molar-refractivity contribution in [1.82, 2.24) is 5.32 Å². The molecule has 0 radical (unpaired) electrons. The minimum absolute atomic E-state index is 0.0663. The summed E-state index contributed by atoms with van der Waals surface area (Å²) in [6.45, 7) is 6.56. The minimum Gasteiger partial charge on any atom is -0.376 e. The lowest BCUT2D eigenvalue weighted by atomic mass is 10.1. The Bertz CT molecular complexity index is 121. The molecule has 1 aliphatic heterocycles. The van der Waals surface area contributed by atoms with Gasteiger partial charge in [0.2, 0.25) is 0 Å². The van der Waals surface area contributed by atoms with E-state index >= 15 is 0 Å². The molecule has 1 aliphatic rings. The Kier molecular flexibility index (Phi) is 2.87. The zero-order valence-electron chi connectivity index (χ0n) is 7.52. The molecule has 0 unspecified atom stereocenters. The van der Waals surface area contributed by atoms with Gasteiger partial charge in [-0.2, -0.15) is 0 Å². The molecule has 0 aromatic rings. The van der Waals surface area contributed by atoms with Gasteiger partial charge in [-0.3, -0.25) is 0 Å². The molecule has 0 aromatic carbocycles. The molecule has 0 saturated carbocycles. The first-order chi connectivity index (χ1) is 5.14. The van der Waals surface area contributed by atoms with Crippen molar-refractivity contribution >= 4 is 0 Å². The standard InChI is InChI=1S/C8H17NO2/c1-8(2,6-9-3)11-7-4-10-5-7/h7,9H,4-6H2,1-3H3. The van der Waals surface area contributed by atoms with Gasteiger partial charge in [0.1, 0.15) is 6.10 Å². The summed E-state index contributed by atoms with van der Waals surface area (Å²) in [7, 11) is 1.93. The Morgan fingerprint density at radius 2 is 2.18 bits per heavy atom. The normalized spacial score (nSPS) is 19.9. The summed E-state index contributed by atoms with van der Waals surface area (Å²) in [5, 5.41) is 3.10. The summed E-state index contributed by atoms with van der Waals surface area (Å²) >= 11 is 0. The quantitative estimate of drug-likeness (QED) is 0.644. The maximum absolute atomic E-state index is 5.73. The third-order valence-corrected chi connectivity index (χ3v) is 1.70. The predicted molar refractivity (Wildman–Crippen MR) is 43.7 cm³/mol. The molecule has 0 aromatic heterocycles. The molecule has 3 heteroatoms. The lowest BCUT2D eigenvalue weighted by Gasteiger charge is -2.35. The number of ether oxygens (including phenoxy) is 2. The molecular weight excluding hydrogens is 142 g/mol. The zero-order chi connectivity index (χ0) is 8.32. The molecule has 0 atom stereocenters. The number of likely N-dealkylation sites (N-methyl/N-ethyl adjacent to an activating group) is 1. The van der Waals surface area contributed by atoms with E-state index in [0.29, 0.717) is 6.10 Å². The van der Waals surface area contributed by atoms with Crippen molar-refractivity contribution < 1.29 is 9.47 Å². The van der Waals surface area contributed by atoms with E-state index in [1.165, 1.54) is 0 Å². The highest BCUT2D eigenvalue weighted by atomic mass is 16.6.